The molecule has 0 radical (unpaired) electrons. The lowest BCUT2D eigenvalue weighted by Crippen LogP contribution is -2.44. The summed E-state index contributed by atoms with van der Waals surface area (Å²) in [6.45, 7) is 2.95. The first-order chi connectivity index (χ1) is 11.9. The molecular formula is C18H21N3O4. The van der Waals surface area contributed by atoms with E-state index in [1.165, 1.54) is 11.0 Å². The maximum absolute atomic E-state index is 12.5. The van der Waals surface area contributed by atoms with Crippen molar-refractivity contribution in [3.63, 3.8) is 0 Å². The van der Waals surface area contributed by atoms with E-state index < -0.39 is 24.0 Å². The number of benzene rings is 1. The van der Waals surface area contributed by atoms with E-state index in [4.69, 9.17) is 5.11 Å². The number of carboxylic acids is 1. The standard InChI is InChI=1S/C18H21N3O4/c1-3-13(2)20(12-18(24)25)17(23)11-21-16(22)10-9-15(19-21)14-7-5-4-6-8-14/h4-10,13H,3,11-12H2,1-2H3,(H,24,25). The molecule has 0 aliphatic rings. The first-order valence-electron chi connectivity index (χ1n) is 8.07. The van der Waals surface area contributed by atoms with Crippen LogP contribution >= 0.6 is 0 Å². The average molecular weight is 343 g/mol. The van der Waals surface area contributed by atoms with Crippen molar-refractivity contribution in [2.75, 3.05) is 6.54 Å². The lowest BCUT2D eigenvalue weighted by Gasteiger charge is -2.27. The van der Waals surface area contributed by atoms with Gasteiger partial charge < -0.3 is 10.0 Å². The first-order valence-corrected chi connectivity index (χ1v) is 8.07. The minimum absolute atomic E-state index is 0.239. The summed E-state index contributed by atoms with van der Waals surface area (Å²) >= 11 is 0. The Labute approximate surface area is 145 Å². The topological polar surface area (TPSA) is 92.5 Å². The number of nitrogens with zero attached hydrogens (tertiary/aromatic N) is 3. The largest absolute Gasteiger partial charge is 0.480 e. The third-order valence-corrected chi connectivity index (χ3v) is 3.97. The zero-order chi connectivity index (χ0) is 18.4. The third-order valence-electron chi connectivity index (χ3n) is 3.97. The van der Waals surface area contributed by atoms with E-state index in [1.54, 1.807) is 13.0 Å². The maximum Gasteiger partial charge on any atom is 0.323 e. The van der Waals surface area contributed by atoms with Crippen LogP contribution in [0.1, 0.15) is 20.3 Å². The molecule has 0 aliphatic carbocycles. The molecule has 1 aromatic carbocycles. The van der Waals surface area contributed by atoms with Gasteiger partial charge in [-0.05, 0) is 19.4 Å². The van der Waals surface area contributed by atoms with Gasteiger partial charge in [0, 0.05) is 17.7 Å². The predicted molar refractivity (Wildman–Crippen MR) is 93.0 cm³/mol. The van der Waals surface area contributed by atoms with Gasteiger partial charge in [0.1, 0.15) is 13.1 Å². The summed E-state index contributed by atoms with van der Waals surface area (Å²) in [6.07, 6.45) is 0.616. The van der Waals surface area contributed by atoms with Crippen LogP contribution in [0.3, 0.4) is 0 Å². The average Bonchev–Trinajstić information content (AvgIpc) is 2.61. The van der Waals surface area contributed by atoms with Gasteiger partial charge in [0.05, 0.1) is 5.69 Å². The van der Waals surface area contributed by atoms with Gasteiger partial charge in [-0.15, -0.1) is 0 Å². The molecule has 0 fully saturated rings. The van der Waals surface area contributed by atoms with Crippen molar-refractivity contribution in [3.8, 4) is 11.3 Å². The van der Waals surface area contributed by atoms with Gasteiger partial charge in [-0.1, -0.05) is 37.3 Å². The Kier molecular flexibility index (Phi) is 6.05. The van der Waals surface area contributed by atoms with Crippen molar-refractivity contribution in [1.82, 2.24) is 14.7 Å². The van der Waals surface area contributed by atoms with Crippen molar-refractivity contribution in [2.45, 2.75) is 32.9 Å². The molecule has 1 N–H and O–H groups in total. The van der Waals surface area contributed by atoms with Crippen LogP contribution in [0.15, 0.2) is 47.3 Å². The van der Waals surface area contributed by atoms with E-state index in [0.29, 0.717) is 12.1 Å². The Bertz CT molecular complexity index is 801. The van der Waals surface area contributed by atoms with Gasteiger partial charge >= 0.3 is 5.97 Å². The van der Waals surface area contributed by atoms with E-state index in [0.717, 1.165) is 10.2 Å². The van der Waals surface area contributed by atoms with Gasteiger partial charge in [-0.3, -0.25) is 14.4 Å². The number of rotatable bonds is 7. The molecule has 0 bridgehead atoms. The molecule has 1 heterocycles. The number of amides is 1. The van der Waals surface area contributed by atoms with Crippen LogP contribution in [-0.2, 0) is 16.1 Å². The van der Waals surface area contributed by atoms with Crippen molar-refractivity contribution in [1.29, 1.82) is 0 Å². The molecule has 1 atom stereocenters. The Morgan fingerprint density at radius 1 is 1.20 bits per heavy atom. The fraction of sp³-hybridized carbons (Fsp3) is 0.333. The molecule has 0 aliphatic heterocycles. The quantitative estimate of drug-likeness (QED) is 0.825. The van der Waals surface area contributed by atoms with E-state index >= 15 is 0 Å². The van der Waals surface area contributed by atoms with Crippen LogP contribution in [-0.4, -0.2) is 44.3 Å². The number of carboxylic acid groups (broad SMARTS) is 1. The molecule has 1 amide bonds. The zero-order valence-corrected chi connectivity index (χ0v) is 14.3. The van der Waals surface area contributed by atoms with Crippen LogP contribution in [0, 0.1) is 0 Å². The van der Waals surface area contributed by atoms with E-state index in [2.05, 4.69) is 5.10 Å². The van der Waals surface area contributed by atoms with Crippen LogP contribution in [0.4, 0.5) is 0 Å². The number of aliphatic carboxylic acids is 1. The Morgan fingerprint density at radius 3 is 2.48 bits per heavy atom. The summed E-state index contributed by atoms with van der Waals surface area (Å²) in [7, 11) is 0. The normalized spacial score (nSPS) is 11.8. The Hall–Kier alpha value is -2.96. The molecule has 1 aromatic heterocycles. The summed E-state index contributed by atoms with van der Waals surface area (Å²) in [5.74, 6) is -1.54. The molecule has 0 saturated heterocycles. The Balaban J connectivity index is 2.27. The summed E-state index contributed by atoms with van der Waals surface area (Å²) < 4.78 is 1.07. The molecule has 1 unspecified atom stereocenters. The van der Waals surface area contributed by atoms with Crippen molar-refractivity contribution >= 4 is 11.9 Å². The third kappa shape index (κ3) is 4.76. The SMILES string of the molecule is CCC(C)N(CC(=O)O)C(=O)Cn1nc(-c2ccccc2)ccc1=O. The lowest BCUT2D eigenvalue weighted by atomic mass is 10.1. The minimum Gasteiger partial charge on any atom is -0.480 e. The summed E-state index contributed by atoms with van der Waals surface area (Å²) in [5, 5.41) is 13.3. The zero-order valence-electron chi connectivity index (χ0n) is 14.3. The molecular weight excluding hydrogens is 322 g/mol. The second kappa shape index (κ2) is 8.23. The highest BCUT2D eigenvalue weighted by Gasteiger charge is 2.22. The monoisotopic (exact) mass is 343 g/mol. The number of hydrogen-bond donors (Lipinski definition) is 1. The highest BCUT2D eigenvalue weighted by Crippen LogP contribution is 2.14. The number of carbonyl (C=O) groups is 2. The molecule has 7 heteroatoms. The molecule has 2 rings (SSSR count). The van der Waals surface area contributed by atoms with Gasteiger partial charge in [0.15, 0.2) is 0 Å². The molecule has 2 aromatic rings. The van der Waals surface area contributed by atoms with Gasteiger partial charge in [-0.2, -0.15) is 5.10 Å². The molecule has 0 saturated carbocycles. The molecule has 25 heavy (non-hydrogen) atoms. The van der Waals surface area contributed by atoms with E-state index in [1.807, 2.05) is 37.3 Å². The molecule has 7 nitrogen and oxygen atoms in total. The van der Waals surface area contributed by atoms with Crippen molar-refractivity contribution < 1.29 is 14.7 Å². The molecule has 132 valence electrons. The van der Waals surface area contributed by atoms with E-state index in [-0.39, 0.29) is 12.6 Å². The van der Waals surface area contributed by atoms with Crippen LogP contribution in [0.5, 0.6) is 0 Å². The summed E-state index contributed by atoms with van der Waals surface area (Å²) in [6, 6.07) is 12.0. The smallest absolute Gasteiger partial charge is 0.323 e. The van der Waals surface area contributed by atoms with Crippen LogP contribution in [0.25, 0.3) is 11.3 Å². The Morgan fingerprint density at radius 2 is 1.88 bits per heavy atom. The summed E-state index contributed by atoms with van der Waals surface area (Å²) in [4.78, 5) is 36.8. The number of aromatic nitrogens is 2. The minimum atomic E-state index is -1.09. The fourth-order valence-electron chi connectivity index (χ4n) is 2.40. The first kappa shape index (κ1) is 18.4. The fourth-order valence-corrected chi connectivity index (χ4v) is 2.40. The lowest BCUT2D eigenvalue weighted by molar-refractivity contribution is -0.146. The highest BCUT2D eigenvalue weighted by molar-refractivity contribution is 5.81. The second-order valence-electron chi connectivity index (χ2n) is 5.75. The number of hydrogen-bond acceptors (Lipinski definition) is 4. The van der Waals surface area contributed by atoms with E-state index in [9.17, 15) is 14.4 Å². The van der Waals surface area contributed by atoms with Gasteiger partial charge in [0.2, 0.25) is 5.91 Å². The molecule has 0 spiro atoms. The van der Waals surface area contributed by atoms with Crippen LogP contribution in [0.2, 0.25) is 0 Å². The predicted octanol–water partition coefficient (Wildman–Crippen LogP) is 1.62. The number of carbonyl (C=O) groups excluding carboxylic acids is 1. The highest BCUT2D eigenvalue weighted by atomic mass is 16.4. The second-order valence-corrected chi connectivity index (χ2v) is 5.75. The maximum atomic E-state index is 12.5. The van der Waals surface area contributed by atoms with Crippen molar-refractivity contribution in [3.05, 3.63) is 52.8 Å². The van der Waals surface area contributed by atoms with Gasteiger partial charge in [-0.25, -0.2) is 4.68 Å². The van der Waals surface area contributed by atoms with Crippen molar-refractivity contribution in [2.24, 2.45) is 0 Å². The summed E-state index contributed by atoms with van der Waals surface area (Å²) in [5.41, 5.74) is 0.988. The van der Waals surface area contributed by atoms with Gasteiger partial charge in [0.25, 0.3) is 5.56 Å². The van der Waals surface area contributed by atoms with Crippen LogP contribution < -0.4 is 5.56 Å².